The second-order valence-corrected chi connectivity index (χ2v) is 13.2. The molecule has 17 heteroatoms. The van der Waals surface area contributed by atoms with E-state index in [4.69, 9.17) is 33.2 Å². The van der Waals surface area contributed by atoms with Crippen molar-refractivity contribution in [3.05, 3.63) is 0 Å². The maximum atomic E-state index is 10.9. The number of methoxy groups -OCH3 is 2. The summed E-state index contributed by atoms with van der Waals surface area (Å²) in [5, 5.41) is 104. The van der Waals surface area contributed by atoms with Crippen LogP contribution in [0.1, 0.15) is 32.1 Å². The fourth-order valence-corrected chi connectivity index (χ4v) is 7.83. The van der Waals surface area contributed by atoms with E-state index in [0.717, 1.165) is 0 Å². The molecule has 2 saturated carbocycles. The van der Waals surface area contributed by atoms with Gasteiger partial charge in [-0.3, -0.25) is 0 Å². The third-order valence-corrected chi connectivity index (χ3v) is 10.5. The molecule has 268 valence electrons. The number of hydrogen-bond donors (Lipinski definition) is 10. The van der Waals surface area contributed by atoms with Crippen molar-refractivity contribution in [3.63, 3.8) is 0 Å². The van der Waals surface area contributed by atoms with Crippen LogP contribution >= 0.6 is 0 Å². The van der Waals surface area contributed by atoms with E-state index in [1.807, 2.05) is 0 Å². The summed E-state index contributed by atoms with van der Waals surface area (Å²) in [6, 6.07) is 0. The Kier molecular flexibility index (Phi) is 12.3. The number of ether oxygens (including phenoxy) is 7. The molecule has 8 unspecified atom stereocenters. The normalized spacial score (nSPS) is 53.5. The minimum absolute atomic E-state index is 0.107. The predicted octanol–water partition coefficient (Wildman–Crippen LogP) is -5.40. The smallest absolute Gasteiger partial charge is 0.187 e. The highest BCUT2D eigenvalue weighted by atomic mass is 16.7. The molecule has 0 spiro atoms. The van der Waals surface area contributed by atoms with Crippen LogP contribution in [0.5, 0.6) is 0 Å². The molecule has 18 atom stereocenters. The summed E-state index contributed by atoms with van der Waals surface area (Å²) in [6.07, 6.45) is -19.4. The lowest BCUT2D eigenvalue weighted by Gasteiger charge is -2.50. The molecule has 46 heavy (non-hydrogen) atoms. The van der Waals surface area contributed by atoms with E-state index in [2.05, 4.69) is 0 Å². The molecule has 0 radical (unpaired) electrons. The first-order valence-electron chi connectivity index (χ1n) is 16.0. The lowest BCUT2D eigenvalue weighted by molar-refractivity contribution is -0.368. The Balaban J connectivity index is 1.41. The second-order valence-electron chi connectivity index (χ2n) is 13.2. The van der Waals surface area contributed by atoms with Crippen molar-refractivity contribution >= 4 is 0 Å². The van der Waals surface area contributed by atoms with E-state index in [1.165, 1.54) is 14.2 Å². The average Bonchev–Trinajstić information content (AvgIpc) is 3.05. The predicted molar refractivity (Wildman–Crippen MR) is 151 cm³/mol. The molecule has 11 N–H and O–H groups in total. The van der Waals surface area contributed by atoms with Gasteiger partial charge < -0.3 is 84.2 Å². The molecule has 0 amide bonds. The summed E-state index contributed by atoms with van der Waals surface area (Å²) < 4.78 is 40.0. The van der Waals surface area contributed by atoms with Crippen molar-refractivity contribution < 1.29 is 84.2 Å². The van der Waals surface area contributed by atoms with Gasteiger partial charge in [-0.25, -0.2) is 0 Å². The van der Waals surface area contributed by atoms with Crippen LogP contribution in [0.4, 0.5) is 0 Å². The fourth-order valence-electron chi connectivity index (χ4n) is 7.83. The molecule has 3 saturated heterocycles. The van der Waals surface area contributed by atoms with Gasteiger partial charge >= 0.3 is 0 Å². The molecule has 5 aliphatic rings. The third kappa shape index (κ3) is 7.27. The SMILES string of the molecule is COC1CC(C2[OH+]C3CC(O)CC(O[C@@H]4O[C@@H](CO)[C@H](O)[C@@H](O)[C@@H]4O)C3CC2O[C@@H]2O[C@@H](CO)[C@H](O)[C@@H](O)[C@@H]2O)CC(OC)C1O. The van der Waals surface area contributed by atoms with E-state index < -0.39 is 129 Å². The van der Waals surface area contributed by atoms with Gasteiger partial charge in [-0.2, -0.15) is 0 Å². The van der Waals surface area contributed by atoms with Crippen molar-refractivity contribution in [1.29, 1.82) is 0 Å². The van der Waals surface area contributed by atoms with Crippen LogP contribution in [0.2, 0.25) is 0 Å². The minimum atomic E-state index is -1.67. The summed E-state index contributed by atoms with van der Waals surface area (Å²) in [6.45, 7) is -1.29. The zero-order valence-corrected chi connectivity index (χ0v) is 25.9. The van der Waals surface area contributed by atoms with Gasteiger partial charge in [0.1, 0.15) is 61.0 Å². The molecule has 5 rings (SSSR count). The average molecular weight is 672 g/mol. The molecular weight excluding hydrogens is 620 g/mol. The molecule has 0 aromatic rings. The molecule has 5 fully saturated rings. The van der Waals surface area contributed by atoms with E-state index in [9.17, 15) is 51.1 Å². The zero-order chi connectivity index (χ0) is 33.4. The molecule has 2 aliphatic carbocycles. The Labute approximate surface area is 266 Å². The van der Waals surface area contributed by atoms with Crippen molar-refractivity contribution in [2.24, 2.45) is 11.8 Å². The van der Waals surface area contributed by atoms with Gasteiger partial charge in [0, 0.05) is 33.0 Å². The van der Waals surface area contributed by atoms with E-state index >= 15 is 0 Å². The van der Waals surface area contributed by atoms with E-state index in [-0.39, 0.29) is 25.2 Å². The van der Waals surface area contributed by atoms with Gasteiger partial charge in [0.05, 0.1) is 43.5 Å². The highest BCUT2D eigenvalue weighted by Gasteiger charge is 2.57. The second kappa shape index (κ2) is 15.5. The highest BCUT2D eigenvalue weighted by molar-refractivity contribution is 5.01. The van der Waals surface area contributed by atoms with Crippen molar-refractivity contribution in [1.82, 2.24) is 0 Å². The van der Waals surface area contributed by atoms with Crippen molar-refractivity contribution in [2.45, 2.75) is 142 Å². The zero-order valence-electron chi connectivity index (χ0n) is 25.9. The van der Waals surface area contributed by atoms with Crippen LogP contribution in [0.15, 0.2) is 0 Å². The van der Waals surface area contributed by atoms with Crippen LogP contribution in [0.25, 0.3) is 0 Å². The quantitative estimate of drug-likeness (QED) is 0.103. The molecule has 3 aliphatic heterocycles. The van der Waals surface area contributed by atoms with Gasteiger partial charge in [-0.05, 0) is 19.3 Å². The van der Waals surface area contributed by atoms with Gasteiger partial charge in [-0.1, -0.05) is 0 Å². The van der Waals surface area contributed by atoms with Gasteiger partial charge in [0.25, 0.3) is 0 Å². The molecule has 0 bridgehead atoms. The molecule has 3 heterocycles. The molecule has 0 aromatic carbocycles. The van der Waals surface area contributed by atoms with Crippen LogP contribution in [-0.4, -0.2) is 193 Å². The first kappa shape index (κ1) is 36.6. The maximum absolute atomic E-state index is 10.9. The Morgan fingerprint density at radius 3 is 1.54 bits per heavy atom. The van der Waals surface area contributed by atoms with Crippen LogP contribution < -0.4 is 0 Å². The summed E-state index contributed by atoms with van der Waals surface area (Å²) in [4.78, 5) is 0. The van der Waals surface area contributed by atoms with Crippen molar-refractivity contribution in [2.75, 3.05) is 27.4 Å². The molecule has 17 nitrogen and oxygen atoms in total. The summed E-state index contributed by atoms with van der Waals surface area (Å²) in [7, 11) is 2.97. The lowest BCUT2D eigenvalue weighted by atomic mass is 9.72. The standard InChI is InChI=1S/C29H50O17/c1-40-15-3-10(4-16(41-2)20(15)33)27-17(44-29-26(39)24(37)22(35)19(9-31)46-29)7-12-13(42-27)5-11(32)6-14(12)43-28-25(38)23(36)21(34)18(8-30)45-28/h10-39H,3-9H2,1-2H3/p+1/t10?,11?,12?,13?,14?,15?,16?,17?,18-,19-,20?,21-,22-,23+,24+,25-,26-,27?,28+,29+/m0/s1. The van der Waals surface area contributed by atoms with Gasteiger partial charge in [-0.15, -0.1) is 0 Å². The first-order chi connectivity index (χ1) is 21.9. The highest BCUT2D eigenvalue weighted by Crippen LogP contribution is 2.44. The van der Waals surface area contributed by atoms with Crippen LogP contribution in [-0.2, 0) is 28.4 Å². The Morgan fingerprint density at radius 2 is 1.07 bits per heavy atom. The summed E-state index contributed by atoms with van der Waals surface area (Å²) in [5.74, 6) is -0.717. The minimum Gasteiger partial charge on any atom is -0.427 e. The topological polar surface area (TPSA) is 270 Å². The Hall–Kier alpha value is -0.680. The lowest BCUT2D eigenvalue weighted by Crippen LogP contribution is -2.64. The van der Waals surface area contributed by atoms with E-state index in [0.29, 0.717) is 12.8 Å². The van der Waals surface area contributed by atoms with Crippen molar-refractivity contribution in [3.8, 4) is 0 Å². The number of aliphatic hydroxyl groups is 12. The number of rotatable bonds is 9. The first-order valence-corrected chi connectivity index (χ1v) is 16.0. The largest absolute Gasteiger partial charge is 0.427 e. The maximum Gasteiger partial charge on any atom is 0.187 e. The third-order valence-electron chi connectivity index (χ3n) is 10.5. The van der Waals surface area contributed by atoms with E-state index in [1.54, 1.807) is 0 Å². The fraction of sp³-hybridized carbons (Fsp3) is 1.00. The number of aliphatic hydroxyl groups excluding tert-OH is 10. The Morgan fingerprint density at radius 1 is 0.565 bits per heavy atom. The number of fused-ring (bicyclic) bond motifs is 1. The number of hydrogen-bond acceptors (Lipinski definition) is 16. The summed E-state index contributed by atoms with van der Waals surface area (Å²) >= 11 is 0. The monoisotopic (exact) mass is 671 g/mol. The Bertz CT molecular complexity index is 945. The molecular formula is C29H51O17+. The summed E-state index contributed by atoms with van der Waals surface area (Å²) in [5.41, 5.74) is 0. The van der Waals surface area contributed by atoms with Gasteiger partial charge in [0.15, 0.2) is 24.8 Å². The van der Waals surface area contributed by atoms with Crippen LogP contribution in [0, 0.1) is 11.8 Å². The van der Waals surface area contributed by atoms with Crippen LogP contribution in [0.3, 0.4) is 0 Å². The van der Waals surface area contributed by atoms with Gasteiger partial charge in [0.2, 0.25) is 0 Å². The molecule has 0 aromatic heterocycles.